The molecular formula is C15H18N2O3S. The third-order valence-corrected chi connectivity index (χ3v) is 5.19. The zero-order valence-electron chi connectivity index (χ0n) is 11.8. The van der Waals surface area contributed by atoms with Crippen molar-refractivity contribution in [3.8, 4) is 0 Å². The van der Waals surface area contributed by atoms with E-state index in [1.807, 2.05) is 24.3 Å². The molecule has 21 heavy (non-hydrogen) atoms. The third-order valence-electron chi connectivity index (χ3n) is 3.83. The Balaban J connectivity index is 1.70. The van der Waals surface area contributed by atoms with E-state index in [0.29, 0.717) is 6.54 Å². The molecule has 5 nitrogen and oxygen atoms in total. The Labute approximate surface area is 127 Å². The molecule has 2 N–H and O–H groups in total. The fourth-order valence-electron chi connectivity index (χ4n) is 2.50. The van der Waals surface area contributed by atoms with E-state index < -0.39 is 4.75 Å². The Morgan fingerprint density at radius 2 is 2.33 bits per heavy atom. The Morgan fingerprint density at radius 3 is 3.10 bits per heavy atom. The Morgan fingerprint density at radius 1 is 1.52 bits per heavy atom. The van der Waals surface area contributed by atoms with Crippen LogP contribution in [-0.4, -0.2) is 35.8 Å². The number of hydrogen-bond donors (Lipinski definition) is 2. The van der Waals surface area contributed by atoms with Crippen LogP contribution in [0.3, 0.4) is 0 Å². The van der Waals surface area contributed by atoms with Crippen LogP contribution in [0, 0.1) is 0 Å². The molecule has 0 bridgehead atoms. The summed E-state index contributed by atoms with van der Waals surface area (Å²) in [6.07, 6.45) is 2.06. The molecule has 0 spiro atoms. The van der Waals surface area contributed by atoms with Gasteiger partial charge in [-0.15, -0.1) is 0 Å². The third kappa shape index (κ3) is 2.78. The number of fused-ring (bicyclic) bond motifs is 1. The minimum Gasteiger partial charge on any atom is -0.376 e. The van der Waals surface area contributed by atoms with E-state index in [-0.39, 0.29) is 17.9 Å². The van der Waals surface area contributed by atoms with E-state index in [9.17, 15) is 9.59 Å². The van der Waals surface area contributed by atoms with E-state index in [1.54, 1.807) is 6.92 Å². The van der Waals surface area contributed by atoms with Crippen LogP contribution >= 0.6 is 11.8 Å². The van der Waals surface area contributed by atoms with Crippen molar-refractivity contribution in [1.29, 1.82) is 0 Å². The molecule has 0 unspecified atom stereocenters. The van der Waals surface area contributed by atoms with Gasteiger partial charge in [-0.2, -0.15) is 0 Å². The maximum Gasteiger partial charge on any atom is 0.250 e. The molecule has 1 aromatic carbocycles. The zero-order valence-corrected chi connectivity index (χ0v) is 12.7. The van der Waals surface area contributed by atoms with E-state index in [0.717, 1.165) is 30.0 Å². The number of thioether (sulfide) groups is 1. The van der Waals surface area contributed by atoms with Crippen LogP contribution in [-0.2, 0) is 14.3 Å². The standard InChI is InChI=1S/C15H18N2O3S/c1-15(13(18)16-9-10-5-4-8-20-10)14(19)17-11-6-2-3-7-12(11)21-15/h2-3,6-7,10H,4-5,8-9H2,1H3,(H,16,18)(H,17,19)/t10-,15+/m0/s1. The summed E-state index contributed by atoms with van der Waals surface area (Å²) in [5.41, 5.74) is 0.761. The van der Waals surface area contributed by atoms with Crippen molar-refractivity contribution in [3.05, 3.63) is 24.3 Å². The lowest BCUT2D eigenvalue weighted by Crippen LogP contribution is -2.53. The summed E-state index contributed by atoms with van der Waals surface area (Å²) in [6, 6.07) is 7.50. The summed E-state index contributed by atoms with van der Waals surface area (Å²) in [7, 11) is 0. The molecule has 0 aromatic heterocycles. The van der Waals surface area contributed by atoms with Crippen molar-refractivity contribution >= 4 is 29.3 Å². The fraction of sp³-hybridized carbons (Fsp3) is 0.467. The topological polar surface area (TPSA) is 67.4 Å². The van der Waals surface area contributed by atoms with Gasteiger partial charge in [0, 0.05) is 18.0 Å². The van der Waals surface area contributed by atoms with Crippen LogP contribution in [0.25, 0.3) is 0 Å². The summed E-state index contributed by atoms with van der Waals surface area (Å²) in [6.45, 7) is 2.87. The van der Waals surface area contributed by atoms with E-state index in [4.69, 9.17) is 4.74 Å². The van der Waals surface area contributed by atoms with Crippen molar-refractivity contribution in [1.82, 2.24) is 5.32 Å². The molecular weight excluding hydrogens is 288 g/mol. The number of carbonyl (C=O) groups excluding carboxylic acids is 2. The van der Waals surface area contributed by atoms with Crippen molar-refractivity contribution in [2.24, 2.45) is 0 Å². The smallest absolute Gasteiger partial charge is 0.250 e. The molecule has 1 fully saturated rings. The van der Waals surface area contributed by atoms with Crippen molar-refractivity contribution in [3.63, 3.8) is 0 Å². The van der Waals surface area contributed by atoms with Gasteiger partial charge in [0.15, 0.2) is 4.75 Å². The van der Waals surface area contributed by atoms with Crippen molar-refractivity contribution < 1.29 is 14.3 Å². The van der Waals surface area contributed by atoms with Gasteiger partial charge in [-0.1, -0.05) is 23.9 Å². The van der Waals surface area contributed by atoms with Gasteiger partial charge in [0.1, 0.15) is 0 Å². The van der Waals surface area contributed by atoms with Crippen LogP contribution in [0.15, 0.2) is 29.2 Å². The maximum atomic E-state index is 12.4. The van der Waals surface area contributed by atoms with Crippen LogP contribution in [0.1, 0.15) is 19.8 Å². The van der Waals surface area contributed by atoms with E-state index >= 15 is 0 Å². The number of rotatable bonds is 3. The average molecular weight is 306 g/mol. The molecule has 3 rings (SSSR count). The largest absolute Gasteiger partial charge is 0.376 e. The second-order valence-corrected chi connectivity index (χ2v) is 6.89. The number of nitrogens with one attached hydrogen (secondary N) is 2. The van der Waals surface area contributed by atoms with E-state index in [2.05, 4.69) is 10.6 Å². The molecule has 2 aliphatic rings. The molecule has 2 aliphatic heterocycles. The molecule has 2 atom stereocenters. The summed E-state index contributed by atoms with van der Waals surface area (Å²) in [4.78, 5) is 25.6. The fourth-order valence-corrected chi connectivity index (χ4v) is 3.62. The molecule has 1 saturated heterocycles. The van der Waals surface area contributed by atoms with Gasteiger partial charge in [-0.3, -0.25) is 9.59 Å². The monoisotopic (exact) mass is 306 g/mol. The summed E-state index contributed by atoms with van der Waals surface area (Å²) in [5, 5.41) is 5.66. The van der Waals surface area contributed by atoms with Gasteiger partial charge in [-0.25, -0.2) is 0 Å². The highest BCUT2D eigenvalue weighted by molar-refractivity contribution is 8.02. The summed E-state index contributed by atoms with van der Waals surface area (Å²) in [5.74, 6) is -0.550. The predicted molar refractivity (Wildman–Crippen MR) is 81.3 cm³/mol. The van der Waals surface area contributed by atoms with Gasteiger partial charge in [0.05, 0.1) is 11.8 Å². The highest BCUT2D eigenvalue weighted by Crippen LogP contribution is 2.42. The highest BCUT2D eigenvalue weighted by atomic mass is 32.2. The van der Waals surface area contributed by atoms with Crippen LogP contribution in [0.4, 0.5) is 5.69 Å². The highest BCUT2D eigenvalue weighted by Gasteiger charge is 2.45. The number of amides is 2. The Hall–Kier alpha value is -1.53. The molecule has 0 radical (unpaired) electrons. The number of para-hydroxylation sites is 1. The SMILES string of the molecule is C[C@]1(C(=O)NC[C@@H]2CCCO2)Sc2ccccc2NC1=O. The molecule has 0 saturated carbocycles. The first-order valence-corrected chi connectivity index (χ1v) is 7.90. The number of ether oxygens (including phenoxy) is 1. The van der Waals surface area contributed by atoms with Crippen LogP contribution in [0.2, 0.25) is 0 Å². The molecule has 0 aliphatic carbocycles. The first-order valence-electron chi connectivity index (χ1n) is 7.09. The van der Waals surface area contributed by atoms with Gasteiger partial charge in [0.25, 0.3) is 0 Å². The maximum absolute atomic E-state index is 12.4. The first kappa shape index (κ1) is 14.4. The summed E-state index contributed by atoms with van der Waals surface area (Å²) >= 11 is 1.29. The molecule has 112 valence electrons. The lowest BCUT2D eigenvalue weighted by Gasteiger charge is -2.32. The van der Waals surface area contributed by atoms with Crippen molar-refractivity contribution in [2.45, 2.75) is 35.5 Å². The quantitative estimate of drug-likeness (QED) is 0.836. The lowest BCUT2D eigenvalue weighted by molar-refractivity contribution is -0.130. The van der Waals surface area contributed by atoms with Gasteiger partial charge < -0.3 is 15.4 Å². The normalized spacial score (nSPS) is 27.9. The molecule has 6 heteroatoms. The second kappa shape index (κ2) is 5.69. The number of carbonyl (C=O) groups is 2. The first-order chi connectivity index (χ1) is 10.1. The Kier molecular flexibility index (Phi) is 3.91. The summed E-state index contributed by atoms with van der Waals surface area (Å²) < 4.78 is 4.34. The van der Waals surface area contributed by atoms with Crippen LogP contribution in [0.5, 0.6) is 0 Å². The van der Waals surface area contributed by atoms with E-state index in [1.165, 1.54) is 11.8 Å². The Bertz CT molecular complexity index is 572. The zero-order chi connectivity index (χ0) is 14.9. The van der Waals surface area contributed by atoms with Crippen molar-refractivity contribution in [2.75, 3.05) is 18.5 Å². The molecule has 2 amide bonds. The lowest BCUT2D eigenvalue weighted by atomic mass is 10.1. The number of anilines is 1. The molecule has 2 heterocycles. The van der Waals surface area contributed by atoms with Gasteiger partial charge in [-0.05, 0) is 31.9 Å². The average Bonchev–Trinajstić information content (AvgIpc) is 2.99. The second-order valence-electron chi connectivity index (χ2n) is 5.43. The molecule has 1 aromatic rings. The minimum atomic E-state index is -1.15. The minimum absolute atomic E-state index is 0.0708. The predicted octanol–water partition coefficient (Wildman–Crippen LogP) is 1.78. The number of benzene rings is 1. The number of hydrogen-bond acceptors (Lipinski definition) is 4. The van der Waals surface area contributed by atoms with Crippen LogP contribution < -0.4 is 10.6 Å². The van der Waals surface area contributed by atoms with Gasteiger partial charge >= 0.3 is 0 Å². The van der Waals surface area contributed by atoms with Gasteiger partial charge in [0.2, 0.25) is 11.8 Å².